The van der Waals surface area contributed by atoms with Crippen molar-refractivity contribution in [3.05, 3.63) is 59.0 Å². The number of halogens is 4. The van der Waals surface area contributed by atoms with Crippen molar-refractivity contribution < 1.29 is 27.4 Å². The summed E-state index contributed by atoms with van der Waals surface area (Å²) in [7, 11) is 0. The zero-order valence-corrected chi connectivity index (χ0v) is 22.6. The number of aryl methyl sites for hydroxylation is 1. The summed E-state index contributed by atoms with van der Waals surface area (Å²) in [5.74, 6) is 0.723. The van der Waals surface area contributed by atoms with Crippen LogP contribution in [0.1, 0.15) is 30.5 Å². The number of hydrogen-bond donors (Lipinski definition) is 1. The Kier molecular flexibility index (Phi) is 7.83. The molecule has 0 aliphatic carbocycles. The molecule has 0 unspecified atom stereocenters. The molecule has 12 heteroatoms. The Morgan fingerprint density at radius 1 is 1.02 bits per heavy atom. The van der Waals surface area contributed by atoms with Gasteiger partial charge in [0.15, 0.2) is 0 Å². The Labute approximate surface area is 230 Å². The van der Waals surface area contributed by atoms with Crippen LogP contribution in [-0.4, -0.2) is 71.5 Å². The van der Waals surface area contributed by atoms with E-state index < -0.39 is 18.3 Å². The van der Waals surface area contributed by atoms with E-state index in [9.17, 15) is 22.7 Å². The Balaban J connectivity index is 1.48. The minimum atomic E-state index is -4.60. The van der Waals surface area contributed by atoms with Crippen LogP contribution in [0, 0.1) is 12.7 Å². The first-order chi connectivity index (χ1) is 19.0. The molecule has 0 saturated carbocycles. The number of aromatic nitrogens is 3. The van der Waals surface area contributed by atoms with E-state index in [0.29, 0.717) is 49.3 Å². The molecule has 8 nitrogen and oxygen atoms in total. The molecule has 4 heterocycles. The summed E-state index contributed by atoms with van der Waals surface area (Å²) in [4.78, 5) is 19.6. The monoisotopic (exact) mass is 560 g/mol. The molecule has 2 aliphatic rings. The van der Waals surface area contributed by atoms with Crippen LogP contribution in [0.4, 0.5) is 35.1 Å². The molecule has 40 heavy (non-hydrogen) atoms. The van der Waals surface area contributed by atoms with Gasteiger partial charge in [0, 0.05) is 50.0 Å². The SMILES string of the molecule is Cc1cc(-c2cc(N3CCN(c4ncc(CO)cc4C(F)(F)F)C[C@@H]3C)nc(N3CCOC[C@H]3C)n2)ccc1F. The number of piperazine rings is 1. The molecule has 5 rings (SSSR count). The average molecular weight is 561 g/mol. The average Bonchev–Trinajstić information content (AvgIpc) is 2.93. The van der Waals surface area contributed by atoms with Crippen molar-refractivity contribution in [2.75, 3.05) is 54.1 Å². The van der Waals surface area contributed by atoms with Gasteiger partial charge in [-0.2, -0.15) is 18.2 Å². The molecule has 2 atom stereocenters. The number of hydrogen-bond acceptors (Lipinski definition) is 8. The zero-order chi connectivity index (χ0) is 28.6. The van der Waals surface area contributed by atoms with Crippen molar-refractivity contribution in [2.24, 2.45) is 0 Å². The lowest BCUT2D eigenvalue weighted by molar-refractivity contribution is -0.137. The third-order valence-electron chi connectivity index (χ3n) is 7.41. The Morgan fingerprint density at radius 3 is 2.50 bits per heavy atom. The fourth-order valence-corrected chi connectivity index (χ4v) is 5.21. The molecule has 0 spiro atoms. The Bertz CT molecular complexity index is 1370. The summed E-state index contributed by atoms with van der Waals surface area (Å²) < 4.78 is 61.2. The van der Waals surface area contributed by atoms with Gasteiger partial charge in [-0.15, -0.1) is 0 Å². The first kappa shape index (κ1) is 28.0. The number of alkyl halides is 3. The van der Waals surface area contributed by atoms with E-state index in [-0.39, 0.29) is 42.4 Å². The first-order valence-corrected chi connectivity index (χ1v) is 13.2. The lowest BCUT2D eigenvalue weighted by atomic mass is 10.1. The third kappa shape index (κ3) is 5.68. The quantitative estimate of drug-likeness (QED) is 0.459. The van der Waals surface area contributed by atoms with E-state index >= 15 is 0 Å². The fourth-order valence-electron chi connectivity index (χ4n) is 5.21. The van der Waals surface area contributed by atoms with Crippen LogP contribution in [0.2, 0.25) is 0 Å². The molecule has 0 radical (unpaired) electrons. The van der Waals surface area contributed by atoms with Gasteiger partial charge in [-0.1, -0.05) is 0 Å². The maximum atomic E-state index is 14.0. The van der Waals surface area contributed by atoms with Gasteiger partial charge in [-0.25, -0.2) is 14.4 Å². The second-order valence-electron chi connectivity index (χ2n) is 10.4. The van der Waals surface area contributed by atoms with E-state index in [1.54, 1.807) is 24.0 Å². The van der Waals surface area contributed by atoms with Crippen LogP contribution in [0.25, 0.3) is 11.3 Å². The van der Waals surface area contributed by atoms with E-state index in [1.807, 2.05) is 19.9 Å². The van der Waals surface area contributed by atoms with Crippen molar-refractivity contribution in [3.8, 4) is 11.3 Å². The fraction of sp³-hybridized carbons (Fsp3) is 0.464. The van der Waals surface area contributed by atoms with Crippen LogP contribution in [0.5, 0.6) is 0 Å². The van der Waals surface area contributed by atoms with E-state index in [4.69, 9.17) is 14.7 Å². The lowest BCUT2D eigenvalue weighted by Crippen LogP contribution is -2.53. The molecule has 3 aromatic rings. The number of aliphatic hydroxyl groups excluding tert-OH is 1. The van der Waals surface area contributed by atoms with Gasteiger partial charge < -0.3 is 24.5 Å². The summed E-state index contributed by atoms with van der Waals surface area (Å²) >= 11 is 0. The van der Waals surface area contributed by atoms with Crippen molar-refractivity contribution in [3.63, 3.8) is 0 Å². The third-order valence-corrected chi connectivity index (χ3v) is 7.41. The maximum Gasteiger partial charge on any atom is 0.419 e. The minimum absolute atomic E-state index is 0.0508. The molecular formula is C28H32F4N6O2. The maximum absolute atomic E-state index is 14.0. The van der Waals surface area contributed by atoms with Crippen LogP contribution in [0.3, 0.4) is 0 Å². The van der Waals surface area contributed by atoms with E-state index in [0.717, 1.165) is 11.6 Å². The van der Waals surface area contributed by atoms with Crippen molar-refractivity contribution in [1.82, 2.24) is 15.0 Å². The smallest absolute Gasteiger partial charge is 0.392 e. The highest BCUT2D eigenvalue weighted by Gasteiger charge is 2.38. The summed E-state index contributed by atoms with van der Waals surface area (Å²) in [6, 6.07) is 7.49. The molecule has 214 valence electrons. The van der Waals surface area contributed by atoms with Gasteiger partial charge in [-0.05, 0) is 56.2 Å². The summed E-state index contributed by atoms with van der Waals surface area (Å²) in [5, 5.41) is 9.33. The normalized spacial score (nSPS) is 20.2. The van der Waals surface area contributed by atoms with Crippen LogP contribution >= 0.6 is 0 Å². The molecule has 0 amide bonds. The van der Waals surface area contributed by atoms with E-state index in [1.165, 1.54) is 12.3 Å². The zero-order valence-electron chi connectivity index (χ0n) is 22.6. The molecule has 1 aromatic carbocycles. The topological polar surface area (TPSA) is 77.9 Å². The number of morpholine rings is 1. The number of rotatable bonds is 5. The highest BCUT2D eigenvalue weighted by atomic mass is 19.4. The number of ether oxygens (including phenoxy) is 1. The van der Waals surface area contributed by atoms with Crippen molar-refractivity contribution in [1.29, 1.82) is 0 Å². The number of aliphatic hydroxyl groups is 1. The summed E-state index contributed by atoms with van der Waals surface area (Å²) in [6.07, 6.45) is -3.33. The molecule has 1 N–H and O–H groups in total. The van der Waals surface area contributed by atoms with E-state index in [2.05, 4.69) is 14.8 Å². The predicted molar refractivity (Wildman–Crippen MR) is 144 cm³/mol. The van der Waals surface area contributed by atoms with Crippen LogP contribution < -0.4 is 14.7 Å². The molecule has 2 aliphatic heterocycles. The number of benzene rings is 1. The Morgan fingerprint density at radius 2 is 1.82 bits per heavy atom. The predicted octanol–water partition coefficient (Wildman–Crippen LogP) is 4.44. The molecule has 2 fully saturated rings. The number of anilines is 3. The second kappa shape index (κ2) is 11.2. The molecule has 0 bridgehead atoms. The van der Waals surface area contributed by atoms with Gasteiger partial charge in [0.1, 0.15) is 17.5 Å². The summed E-state index contributed by atoms with van der Waals surface area (Å²) in [5.41, 5.74) is 1.13. The molecular weight excluding hydrogens is 528 g/mol. The van der Waals surface area contributed by atoms with Gasteiger partial charge in [0.25, 0.3) is 0 Å². The lowest BCUT2D eigenvalue weighted by Gasteiger charge is -2.42. The van der Waals surface area contributed by atoms with Gasteiger partial charge in [0.05, 0.1) is 37.1 Å². The van der Waals surface area contributed by atoms with Crippen LogP contribution in [-0.2, 0) is 17.5 Å². The second-order valence-corrected chi connectivity index (χ2v) is 10.4. The first-order valence-electron chi connectivity index (χ1n) is 13.2. The summed E-state index contributed by atoms with van der Waals surface area (Å²) in [6.45, 7) is 7.82. The highest BCUT2D eigenvalue weighted by molar-refractivity contribution is 5.66. The van der Waals surface area contributed by atoms with Gasteiger partial charge >= 0.3 is 6.18 Å². The van der Waals surface area contributed by atoms with Crippen molar-refractivity contribution in [2.45, 2.75) is 45.6 Å². The standard InChI is InChI=1S/C28H32F4N6O2/c1-17-10-21(4-5-23(17)29)24-12-25(35-27(34-24)38-8-9-40-16-19(38)3)37-7-6-36(14-18(37)2)26-22(28(30,31)32)11-20(15-39)13-33-26/h4-5,10-13,18-19,39H,6-9,14-16H2,1-3H3/t18-,19+/m0/s1. The largest absolute Gasteiger partial charge is 0.419 e. The Hall–Kier alpha value is -3.51. The number of nitrogens with zero attached hydrogens (tertiary/aromatic N) is 6. The van der Waals surface area contributed by atoms with Crippen molar-refractivity contribution >= 4 is 17.6 Å². The molecule has 2 aromatic heterocycles. The molecule has 2 saturated heterocycles. The van der Waals surface area contributed by atoms with Crippen LogP contribution in [0.15, 0.2) is 36.5 Å². The minimum Gasteiger partial charge on any atom is -0.392 e. The number of pyridine rings is 1. The van der Waals surface area contributed by atoms with Gasteiger partial charge in [-0.3, -0.25) is 0 Å². The van der Waals surface area contributed by atoms with Gasteiger partial charge in [0.2, 0.25) is 5.95 Å². The highest BCUT2D eigenvalue weighted by Crippen LogP contribution is 2.37.